The summed E-state index contributed by atoms with van der Waals surface area (Å²) in [4.78, 5) is 9.53. The van der Waals surface area contributed by atoms with E-state index in [1.165, 1.54) is 55.8 Å². The number of para-hydroxylation sites is 1. The molecule has 5 nitrogen and oxygen atoms in total. The van der Waals surface area contributed by atoms with Gasteiger partial charge < -0.3 is 24.3 Å². The number of allylic oxidation sites excluding steroid dienone is 2. The van der Waals surface area contributed by atoms with Gasteiger partial charge in [-0.2, -0.15) is 0 Å². The van der Waals surface area contributed by atoms with Gasteiger partial charge in [0.2, 0.25) is 0 Å². The number of hydrogen-bond acceptors (Lipinski definition) is 5. The van der Waals surface area contributed by atoms with Gasteiger partial charge in [0.1, 0.15) is 18.2 Å². The lowest BCUT2D eigenvalue weighted by molar-refractivity contribution is 0.459. The summed E-state index contributed by atoms with van der Waals surface area (Å²) in [5.74, 6) is 1.61. The normalized spacial score (nSPS) is 14.1. The van der Waals surface area contributed by atoms with Crippen LogP contribution >= 0.6 is 0 Å². The van der Waals surface area contributed by atoms with Gasteiger partial charge in [-0.3, -0.25) is 0 Å². The number of rotatable bonds is 7. The maximum Gasteiger partial charge on any atom is 0.129 e. The van der Waals surface area contributed by atoms with Gasteiger partial charge in [-0.25, -0.2) is 0 Å². The van der Waals surface area contributed by atoms with E-state index in [1.54, 1.807) is 0 Å². The largest absolute Gasteiger partial charge is 0.457 e. The predicted molar refractivity (Wildman–Crippen MR) is 217 cm³/mol. The molecule has 5 heteroatoms. The molecule has 0 bridgehead atoms. The molecule has 0 fully saturated rings. The van der Waals surface area contributed by atoms with Crippen LogP contribution < -0.4 is 19.4 Å². The van der Waals surface area contributed by atoms with Gasteiger partial charge in [0.15, 0.2) is 0 Å². The molecule has 7 aromatic rings. The smallest absolute Gasteiger partial charge is 0.129 e. The molecule has 254 valence electrons. The maximum absolute atomic E-state index is 6.59. The van der Waals surface area contributed by atoms with Crippen LogP contribution in [-0.4, -0.2) is 25.3 Å². The second-order valence-electron chi connectivity index (χ2n) is 13.6. The molecule has 9 rings (SSSR count). The fourth-order valence-corrected chi connectivity index (χ4v) is 7.71. The summed E-state index contributed by atoms with van der Waals surface area (Å²) in [6, 6.07) is 58.3. The van der Waals surface area contributed by atoms with Gasteiger partial charge in [-0.15, -0.1) is 0 Å². The number of anilines is 5. The predicted octanol–water partition coefficient (Wildman–Crippen LogP) is 12.2. The zero-order valence-corrected chi connectivity index (χ0v) is 29.7. The molecule has 7 aromatic carbocycles. The Morgan fingerprint density at radius 3 is 1.65 bits per heavy atom. The topological polar surface area (TPSA) is 22.2 Å². The Morgan fingerprint density at radius 2 is 1.04 bits per heavy atom. The Labute approximate surface area is 305 Å². The third kappa shape index (κ3) is 5.51. The highest BCUT2D eigenvalue weighted by Gasteiger charge is 2.33. The molecule has 0 radical (unpaired) electrons. The summed E-state index contributed by atoms with van der Waals surface area (Å²) in [5.41, 5.74) is 13.1. The Balaban J connectivity index is 1.14. The maximum atomic E-state index is 6.59. The molecule has 0 amide bonds. The molecule has 2 aliphatic heterocycles. The number of nitrogens with zero attached hydrogens (tertiary/aromatic N) is 4. The van der Waals surface area contributed by atoms with Crippen molar-refractivity contribution in [3.63, 3.8) is 0 Å². The minimum atomic E-state index is 0.638. The summed E-state index contributed by atoms with van der Waals surface area (Å²) in [6.07, 6.45) is 0. The van der Waals surface area contributed by atoms with Crippen molar-refractivity contribution in [2.75, 3.05) is 35.1 Å². The third-order valence-corrected chi connectivity index (χ3v) is 10.5. The van der Waals surface area contributed by atoms with Crippen molar-refractivity contribution in [2.45, 2.75) is 13.8 Å². The summed E-state index contributed by atoms with van der Waals surface area (Å²) in [6.45, 7) is 5.82. The van der Waals surface area contributed by atoms with E-state index in [9.17, 15) is 0 Å². The van der Waals surface area contributed by atoms with Crippen LogP contribution in [0.4, 0.5) is 28.4 Å². The SMILES string of the molecule is CC1=C(C)N(c2cccc(Oc3cccc(N4CN(c5c(-c6ccccc6)cccc5-c5ccccc5)c5c4ccc4ccccc54)c3)c2)CN1C. The first-order valence-corrected chi connectivity index (χ1v) is 17.9. The lowest BCUT2D eigenvalue weighted by atomic mass is 9.94. The van der Waals surface area contributed by atoms with E-state index in [4.69, 9.17) is 4.74 Å². The summed E-state index contributed by atoms with van der Waals surface area (Å²) in [7, 11) is 2.13. The van der Waals surface area contributed by atoms with E-state index in [0.717, 1.165) is 35.2 Å². The molecular formula is C47H40N4O. The van der Waals surface area contributed by atoms with Gasteiger partial charge in [0.05, 0.1) is 23.7 Å². The lowest BCUT2D eigenvalue weighted by Gasteiger charge is -2.27. The van der Waals surface area contributed by atoms with E-state index in [2.05, 4.69) is 192 Å². The molecule has 0 saturated heterocycles. The zero-order valence-electron chi connectivity index (χ0n) is 29.7. The van der Waals surface area contributed by atoms with Crippen LogP contribution in [0.5, 0.6) is 11.5 Å². The highest BCUT2D eigenvalue weighted by Crippen LogP contribution is 2.52. The number of benzene rings is 7. The average molecular weight is 677 g/mol. The third-order valence-electron chi connectivity index (χ3n) is 10.5. The summed E-state index contributed by atoms with van der Waals surface area (Å²) < 4.78 is 6.59. The monoisotopic (exact) mass is 676 g/mol. The van der Waals surface area contributed by atoms with Crippen LogP contribution in [0.1, 0.15) is 13.8 Å². The summed E-state index contributed by atoms with van der Waals surface area (Å²) in [5, 5.41) is 2.44. The first kappa shape index (κ1) is 31.5. The van der Waals surface area contributed by atoms with Crippen molar-refractivity contribution in [2.24, 2.45) is 0 Å². The minimum absolute atomic E-state index is 0.638. The zero-order chi connectivity index (χ0) is 35.2. The number of ether oxygens (including phenoxy) is 1. The van der Waals surface area contributed by atoms with Crippen LogP contribution in [0.3, 0.4) is 0 Å². The van der Waals surface area contributed by atoms with Crippen molar-refractivity contribution in [1.29, 1.82) is 0 Å². The van der Waals surface area contributed by atoms with E-state index in [1.807, 2.05) is 12.1 Å². The summed E-state index contributed by atoms with van der Waals surface area (Å²) >= 11 is 0. The van der Waals surface area contributed by atoms with Crippen molar-refractivity contribution in [3.8, 4) is 33.8 Å². The Hall–Kier alpha value is -6.46. The van der Waals surface area contributed by atoms with E-state index in [0.29, 0.717) is 6.67 Å². The van der Waals surface area contributed by atoms with Gasteiger partial charge in [-0.1, -0.05) is 121 Å². The van der Waals surface area contributed by atoms with E-state index in [-0.39, 0.29) is 0 Å². The standard InChI is InChI=1S/C47H40N4O/c1-33-34(2)49(31-48(33)3)38-20-12-22-40(29-38)52-41-23-13-21-39(30-41)50-32-51(47-44-24-11-10-19-37(44)27-28-45(47)50)46-42(35-15-6-4-7-16-35)25-14-26-43(46)36-17-8-5-9-18-36/h4-30H,31-32H2,1-3H3. The quantitative estimate of drug-likeness (QED) is 0.167. The van der Waals surface area contributed by atoms with Crippen LogP contribution in [-0.2, 0) is 0 Å². The lowest BCUT2D eigenvalue weighted by Crippen LogP contribution is -2.25. The van der Waals surface area contributed by atoms with Crippen molar-refractivity contribution < 1.29 is 4.74 Å². The van der Waals surface area contributed by atoms with Crippen LogP contribution in [0.15, 0.2) is 175 Å². The van der Waals surface area contributed by atoms with Gasteiger partial charge in [0, 0.05) is 58.5 Å². The van der Waals surface area contributed by atoms with Crippen molar-refractivity contribution >= 4 is 39.2 Å². The molecule has 2 heterocycles. The van der Waals surface area contributed by atoms with Gasteiger partial charge in [-0.05, 0) is 60.7 Å². The van der Waals surface area contributed by atoms with Crippen molar-refractivity contribution in [1.82, 2.24) is 4.90 Å². The van der Waals surface area contributed by atoms with E-state index < -0.39 is 0 Å². The Kier molecular flexibility index (Phi) is 7.89. The van der Waals surface area contributed by atoms with Crippen LogP contribution in [0.25, 0.3) is 33.0 Å². The molecule has 0 spiro atoms. The molecule has 2 aliphatic rings. The Morgan fingerprint density at radius 1 is 0.462 bits per heavy atom. The first-order valence-electron chi connectivity index (χ1n) is 17.9. The van der Waals surface area contributed by atoms with Crippen LogP contribution in [0, 0.1) is 0 Å². The fraction of sp³-hybridized carbons (Fsp3) is 0.106. The number of hydrogen-bond donors (Lipinski definition) is 0. The van der Waals surface area contributed by atoms with Crippen LogP contribution in [0.2, 0.25) is 0 Å². The molecule has 0 atom stereocenters. The fourth-order valence-electron chi connectivity index (χ4n) is 7.71. The Bertz CT molecular complexity index is 2400. The highest BCUT2D eigenvalue weighted by atomic mass is 16.5. The second kappa shape index (κ2) is 13.0. The molecule has 0 unspecified atom stereocenters. The molecule has 52 heavy (non-hydrogen) atoms. The molecule has 0 N–H and O–H groups in total. The molecule has 0 aliphatic carbocycles. The van der Waals surface area contributed by atoms with E-state index >= 15 is 0 Å². The van der Waals surface area contributed by atoms with Gasteiger partial charge >= 0.3 is 0 Å². The highest BCUT2D eigenvalue weighted by molar-refractivity contribution is 6.09. The molecule has 0 aromatic heterocycles. The second-order valence-corrected chi connectivity index (χ2v) is 13.6. The average Bonchev–Trinajstić information content (AvgIpc) is 3.71. The first-order chi connectivity index (χ1) is 25.5. The number of fused-ring (bicyclic) bond motifs is 3. The van der Waals surface area contributed by atoms with Crippen molar-refractivity contribution in [3.05, 3.63) is 175 Å². The molecule has 0 saturated carbocycles. The molecular weight excluding hydrogens is 637 g/mol. The minimum Gasteiger partial charge on any atom is -0.457 e. The van der Waals surface area contributed by atoms with Gasteiger partial charge in [0.25, 0.3) is 0 Å².